The SMILES string of the molecule is CCCCC(CCCC)(NC(=O)[C@H]1CCCN1C(=O)[C@H](Cc1cncn1C)NC(=O)OC(C)(C)C)C(=O)NCC(=O)N[C@@H](Cc1ccccc1)C(=O)OC. The minimum Gasteiger partial charge on any atom is -0.467 e. The smallest absolute Gasteiger partial charge is 0.408 e. The van der Waals surface area contributed by atoms with Crippen molar-refractivity contribution in [2.45, 2.75) is 128 Å². The highest BCUT2D eigenvalue weighted by atomic mass is 16.6. The number of hydrogen-bond donors (Lipinski definition) is 4. The second-order valence-electron chi connectivity index (χ2n) is 14.9. The van der Waals surface area contributed by atoms with E-state index in [4.69, 9.17) is 9.47 Å². The summed E-state index contributed by atoms with van der Waals surface area (Å²) in [5.41, 5.74) is -0.648. The molecule has 0 spiro atoms. The first-order valence-electron chi connectivity index (χ1n) is 18.9. The maximum absolute atomic E-state index is 14.2. The molecule has 0 saturated carbocycles. The maximum atomic E-state index is 14.2. The van der Waals surface area contributed by atoms with Crippen molar-refractivity contribution in [3.8, 4) is 0 Å². The van der Waals surface area contributed by atoms with E-state index in [2.05, 4.69) is 26.3 Å². The molecule has 1 aromatic heterocycles. The van der Waals surface area contributed by atoms with E-state index in [-0.39, 0.29) is 19.4 Å². The lowest BCUT2D eigenvalue weighted by Gasteiger charge is -2.36. The highest BCUT2D eigenvalue weighted by molar-refractivity contribution is 5.97. The van der Waals surface area contributed by atoms with Crippen LogP contribution < -0.4 is 21.3 Å². The Labute approximate surface area is 318 Å². The Morgan fingerprint density at radius 3 is 2.19 bits per heavy atom. The number of rotatable bonds is 19. The molecule has 2 heterocycles. The molecule has 0 radical (unpaired) electrons. The zero-order chi connectivity index (χ0) is 39.9. The van der Waals surface area contributed by atoms with Crippen molar-refractivity contribution in [2.75, 3.05) is 20.2 Å². The number of carbonyl (C=O) groups excluding carboxylic acids is 6. The number of methoxy groups -OCH3 is 1. The fourth-order valence-electron chi connectivity index (χ4n) is 6.51. The Morgan fingerprint density at radius 1 is 0.944 bits per heavy atom. The van der Waals surface area contributed by atoms with Gasteiger partial charge in [-0.15, -0.1) is 0 Å². The van der Waals surface area contributed by atoms with Crippen molar-refractivity contribution < 1.29 is 38.2 Å². The molecule has 0 bridgehead atoms. The summed E-state index contributed by atoms with van der Waals surface area (Å²) in [6.07, 6.45) is 7.01. The van der Waals surface area contributed by atoms with Gasteiger partial charge in [-0.3, -0.25) is 19.2 Å². The molecule has 1 aliphatic rings. The number of carbonyl (C=O) groups is 6. The largest absolute Gasteiger partial charge is 0.467 e. The Kier molecular flexibility index (Phi) is 16.5. The quantitative estimate of drug-likeness (QED) is 0.156. The van der Waals surface area contributed by atoms with Gasteiger partial charge in [0.25, 0.3) is 0 Å². The Morgan fingerprint density at radius 2 is 1.61 bits per heavy atom. The van der Waals surface area contributed by atoms with E-state index >= 15 is 0 Å². The summed E-state index contributed by atoms with van der Waals surface area (Å²) in [5, 5.41) is 11.1. The van der Waals surface area contributed by atoms with Crippen LogP contribution in [0.1, 0.15) is 97.2 Å². The average molecular weight is 754 g/mol. The first-order chi connectivity index (χ1) is 25.6. The molecular weight excluding hydrogens is 694 g/mol. The van der Waals surface area contributed by atoms with Gasteiger partial charge in [0.15, 0.2) is 0 Å². The molecule has 1 saturated heterocycles. The molecule has 1 aliphatic heterocycles. The summed E-state index contributed by atoms with van der Waals surface area (Å²) in [4.78, 5) is 86.6. The van der Waals surface area contributed by atoms with Crippen LogP contribution in [0.4, 0.5) is 4.79 Å². The van der Waals surface area contributed by atoms with Gasteiger partial charge in [-0.25, -0.2) is 14.6 Å². The van der Waals surface area contributed by atoms with Crippen LogP contribution in [0.25, 0.3) is 0 Å². The number of likely N-dealkylation sites (tertiary alicyclic amines) is 1. The first kappa shape index (κ1) is 43.5. The van der Waals surface area contributed by atoms with E-state index in [1.807, 2.05) is 44.2 Å². The predicted octanol–water partition coefficient (Wildman–Crippen LogP) is 3.10. The van der Waals surface area contributed by atoms with Crippen molar-refractivity contribution in [3.63, 3.8) is 0 Å². The molecule has 2 aromatic rings. The van der Waals surface area contributed by atoms with Crippen LogP contribution in [0, 0.1) is 0 Å². The number of aryl methyl sites for hydroxylation is 1. The van der Waals surface area contributed by atoms with Crippen molar-refractivity contribution in [1.29, 1.82) is 0 Å². The van der Waals surface area contributed by atoms with Gasteiger partial charge in [0.05, 0.1) is 20.0 Å². The van der Waals surface area contributed by atoms with E-state index in [0.717, 1.165) is 18.4 Å². The molecule has 298 valence electrons. The van der Waals surface area contributed by atoms with Gasteiger partial charge in [0.1, 0.15) is 29.3 Å². The molecule has 0 unspecified atom stereocenters. The topological polar surface area (TPSA) is 190 Å². The van der Waals surface area contributed by atoms with Crippen molar-refractivity contribution in [1.82, 2.24) is 35.7 Å². The van der Waals surface area contributed by atoms with E-state index in [1.54, 1.807) is 44.9 Å². The number of nitrogens with zero attached hydrogens (tertiary/aromatic N) is 3. The van der Waals surface area contributed by atoms with Crippen LogP contribution in [0.15, 0.2) is 42.9 Å². The third kappa shape index (κ3) is 12.9. The Hall–Kier alpha value is -4.95. The number of aromatic nitrogens is 2. The highest BCUT2D eigenvalue weighted by Gasteiger charge is 2.44. The number of nitrogens with one attached hydrogen (secondary N) is 4. The molecule has 15 nitrogen and oxygen atoms in total. The number of hydrogen-bond acceptors (Lipinski definition) is 9. The summed E-state index contributed by atoms with van der Waals surface area (Å²) in [5.74, 6) is -2.68. The van der Waals surface area contributed by atoms with Gasteiger partial charge < -0.3 is 40.2 Å². The fraction of sp³-hybridized carbons (Fsp3) is 0.615. The molecule has 0 aliphatic carbocycles. The van der Waals surface area contributed by atoms with Crippen LogP contribution in [0.2, 0.25) is 0 Å². The van der Waals surface area contributed by atoms with Gasteiger partial charge >= 0.3 is 12.1 Å². The Bertz CT molecular complexity index is 1560. The second-order valence-corrected chi connectivity index (χ2v) is 14.9. The molecule has 1 aromatic carbocycles. The number of benzene rings is 1. The highest BCUT2D eigenvalue weighted by Crippen LogP contribution is 2.26. The molecule has 3 atom stereocenters. The van der Waals surface area contributed by atoms with Gasteiger partial charge in [-0.2, -0.15) is 0 Å². The van der Waals surface area contributed by atoms with E-state index < -0.39 is 71.5 Å². The predicted molar refractivity (Wildman–Crippen MR) is 202 cm³/mol. The first-order valence-corrected chi connectivity index (χ1v) is 18.9. The van der Waals surface area contributed by atoms with Crippen molar-refractivity contribution >= 4 is 35.7 Å². The molecule has 4 N–H and O–H groups in total. The summed E-state index contributed by atoms with van der Waals surface area (Å²) < 4.78 is 12.1. The number of unbranched alkanes of at least 4 members (excludes halogenated alkanes) is 2. The maximum Gasteiger partial charge on any atom is 0.408 e. The van der Waals surface area contributed by atoms with Gasteiger partial charge in [-0.1, -0.05) is 69.9 Å². The van der Waals surface area contributed by atoms with E-state index in [9.17, 15) is 28.8 Å². The molecule has 54 heavy (non-hydrogen) atoms. The molecule has 1 fully saturated rings. The zero-order valence-electron chi connectivity index (χ0n) is 32.9. The van der Waals surface area contributed by atoms with Gasteiger partial charge in [0.2, 0.25) is 23.6 Å². The van der Waals surface area contributed by atoms with Crippen molar-refractivity contribution in [3.05, 3.63) is 54.1 Å². The fourth-order valence-corrected chi connectivity index (χ4v) is 6.51. The monoisotopic (exact) mass is 753 g/mol. The molecule has 5 amide bonds. The lowest BCUT2D eigenvalue weighted by atomic mass is 9.85. The minimum absolute atomic E-state index is 0.114. The van der Waals surface area contributed by atoms with Crippen LogP contribution in [0.3, 0.4) is 0 Å². The molecule has 3 rings (SSSR count). The lowest BCUT2D eigenvalue weighted by Crippen LogP contribution is -2.63. The number of imidazole rings is 1. The van der Waals surface area contributed by atoms with Gasteiger partial charge in [-0.05, 0) is 52.0 Å². The molecular formula is C39H59N7O8. The summed E-state index contributed by atoms with van der Waals surface area (Å²) in [6, 6.07) is 6.25. The lowest BCUT2D eigenvalue weighted by molar-refractivity contribution is -0.145. The second kappa shape index (κ2) is 20.5. The third-order valence-electron chi connectivity index (χ3n) is 9.38. The van der Waals surface area contributed by atoms with E-state index in [0.29, 0.717) is 44.2 Å². The molecule has 15 heteroatoms. The normalized spacial score (nSPS) is 15.5. The van der Waals surface area contributed by atoms with Crippen LogP contribution in [-0.2, 0) is 53.3 Å². The Balaban J connectivity index is 1.81. The third-order valence-corrected chi connectivity index (χ3v) is 9.38. The standard InChI is InChI=1S/C39H59N7O8/c1-8-10-19-39(20-11-9-2,36(51)41-25-32(47)42-30(35(50)53-7)22-27-16-13-12-14-17-27)44-33(48)31-18-15-21-46(31)34(49)29(23-28-24-40-26-45(28)6)43-37(52)54-38(3,4)5/h12-14,16-17,24,26,29-31H,8-11,15,18-23,25H2,1-7H3,(H,41,51)(H,42,47)(H,43,52)(H,44,48)/t29-,30-,31+/m0/s1. The average Bonchev–Trinajstić information content (AvgIpc) is 3.79. The van der Waals surface area contributed by atoms with Crippen LogP contribution in [-0.4, -0.2) is 99.6 Å². The summed E-state index contributed by atoms with van der Waals surface area (Å²) >= 11 is 0. The van der Waals surface area contributed by atoms with Crippen molar-refractivity contribution in [2.24, 2.45) is 7.05 Å². The summed E-state index contributed by atoms with van der Waals surface area (Å²) in [7, 11) is 3.02. The number of esters is 1. The number of alkyl carbamates (subject to hydrolysis) is 1. The number of amides is 5. The number of ether oxygens (including phenoxy) is 2. The minimum atomic E-state index is -1.37. The van der Waals surface area contributed by atoms with Gasteiger partial charge in [0, 0.05) is 38.3 Å². The zero-order valence-corrected chi connectivity index (χ0v) is 32.9. The van der Waals surface area contributed by atoms with E-state index in [1.165, 1.54) is 12.0 Å². The van der Waals surface area contributed by atoms with Crippen LogP contribution in [0.5, 0.6) is 0 Å². The summed E-state index contributed by atoms with van der Waals surface area (Å²) in [6.45, 7) is 8.98. The van der Waals surface area contributed by atoms with Crippen LogP contribution >= 0.6 is 0 Å².